The Bertz CT molecular complexity index is 377. The number of hydrogen-bond donors (Lipinski definition) is 2. The van der Waals surface area contributed by atoms with Gasteiger partial charge in [0.05, 0.1) is 11.4 Å². The topological polar surface area (TPSA) is 41.3 Å². The summed E-state index contributed by atoms with van der Waals surface area (Å²) in [6.45, 7) is 6.06. The van der Waals surface area contributed by atoms with Crippen LogP contribution in [0.3, 0.4) is 0 Å². The summed E-state index contributed by atoms with van der Waals surface area (Å²) in [7, 11) is 4.11. The Morgan fingerprint density at radius 1 is 1.33 bits per heavy atom. The van der Waals surface area contributed by atoms with Gasteiger partial charge < -0.3 is 16.0 Å². The molecule has 4 heteroatoms. The lowest BCUT2D eigenvalue weighted by molar-refractivity contribution is 0.413. The minimum absolute atomic E-state index is 0.499. The van der Waals surface area contributed by atoms with Gasteiger partial charge in [-0.2, -0.15) is 0 Å². The van der Waals surface area contributed by atoms with Crippen LogP contribution in [0.5, 0.6) is 0 Å². The van der Waals surface area contributed by atoms with Gasteiger partial charge in [0.2, 0.25) is 0 Å². The van der Waals surface area contributed by atoms with Crippen LogP contribution in [0.25, 0.3) is 0 Å². The molecule has 0 saturated heterocycles. The van der Waals surface area contributed by atoms with Crippen LogP contribution >= 0.6 is 15.9 Å². The van der Waals surface area contributed by atoms with E-state index in [-0.39, 0.29) is 0 Å². The highest BCUT2D eigenvalue weighted by Crippen LogP contribution is 2.28. The fraction of sp³-hybridized carbons (Fsp3) is 0.571. The highest BCUT2D eigenvalue weighted by Gasteiger charge is 2.12. The third kappa shape index (κ3) is 4.18. The monoisotopic (exact) mass is 313 g/mol. The van der Waals surface area contributed by atoms with E-state index in [1.54, 1.807) is 0 Å². The zero-order valence-corrected chi connectivity index (χ0v) is 13.3. The average molecular weight is 314 g/mol. The third-order valence-electron chi connectivity index (χ3n) is 3.24. The van der Waals surface area contributed by atoms with E-state index in [2.05, 4.69) is 72.3 Å². The lowest BCUT2D eigenvalue weighted by atomic mass is 9.96. The van der Waals surface area contributed by atoms with E-state index in [0.717, 1.165) is 23.2 Å². The van der Waals surface area contributed by atoms with Gasteiger partial charge in [0.25, 0.3) is 0 Å². The smallest absolute Gasteiger partial charge is 0.0597 e. The van der Waals surface area contributed by atoms with Crippen LogP contribution in [0.15, 0.2) is 22.7 Å². The number of hydrogen-bond acceptors (Lipinski definition) is 3. The number of anilines is 2. The Balaban J connectivity index is 2.79. The van der Waals surface area contributed by atoms with Gasteiger partial charge in [-0.1, -0.05) is 29.8 Å². The van der Waals surface area contributed by atoms with E-state index in [1.165, 1.54) is 5.69 Å². The summed E-state index contributed by atoms with van der Waals surface area (Å²) in [6.07, 6.45) is 0. The van der Waals surface area contributed by atoms with Gasteiger partial charge in [0.15, 0.2) is 0 Å². The van der Waals surface area contributed by atoms with Crippen molar-refractivity contribution in [3.05, 3.63) is 22.7 Å². The molecular weight excluding hydrogens is 290 g/mol. The Hall–Kier alpha value is -0.740. The molecule has 3 nitrogen and oxygen atoms in total. The maximum Gasteiger partial charge on any atom is 0.0597 e. The molecule has 1 rings (SSSR count). The van der Waals surface area contributed by atoms with E-state index in [0.29, 0.717) is 11.8 Å². The summed E-state index contributed by atoms with van der Waals surface area (Å²) in [6, 6.07) is 6.28. The molecule has 0 heterocycles. The second kappa shape index (κ2) is 7.00. The standard InChI is InChI=1S/C14H24BrN3/c1-10(2)11(8-16)9-17-13-7-12(15)5-6-14(13)18(3)4/h5-7,10-11,17H,8-9,16H2,1-4H3. The second-order valence-corrected chi connectivity index (χ2v) is 6.09. The molecule has 1 unspecified atom stereocenters. The first kappa shape index (κ1) is 15.3. The lowest BCUT2D eigenvalue weighted by Gasteiger charge is -2.23. The minimum atomic E-state index is 0.499. The van der Waals surface area contributed by atoms with Crippen molar-refractivity contribution in [3.8, 4) is 0 Å². The lowest BCUT2D eigenvalue weighted by Crippen LogP contribution is -2.27. The zero-order chi connectivity index (χ0) is 13.7. The Morgan fingerprint density at radius 3 is 2.50 bits per heavy atom. The van der Waals surface area contributed by atoms with Gasteiger partial charge in [0.1, 0.15) is 0 Å². The molecule has 3 N–H and O–H groups in total. The Kier molecular flexibility index (Phi) is 5.96. The van der Waals surface area contributed by atoms with Crippen LogP contribution in [0.2, 0.25) is 0 Å². The van der Waals surface area contributed by atoms with Crippen LogP contribution in [0.4, 0.5) is 11.4 Å². The molecule has 102 valence electrons. The molecule has 0 aliphatic rings. The van der Waals surface area contributed by atoms with E-state index in [9.17, 15) is 0 Å². The van der Waals surface area contributed by atoms with Gasteiger partial charge in [-0.25, -0.2) is 0 Å². The van der Waals surface area contributed by atoms with Gasteiger partial charge in [-0.15, -0.1) is 0 Å². The predicted octanol–water partition coefficient (Wildman–Crippen LogP) is 3.16. The van der Waals surface area contributed by atoms with Gasteiger partial charge in [-0.05, 0) is 36.6 Å². The predicted molar refractivity (Wildman–Crippen MR) is 84.3 cm³/mol. The maximum absolute atomic E-state index is 5.81. The van der Waals surface area contributed by atoms with Crippen LogP contribution < -0.4 is 16.0 Å². The quantitative estimate of drug-likeness (QED) is 0.847. The summed E-state index contributed by atoms with van der Waals surface area (Å²) in [4.78, 5) is 2.11. The van der Waals surface area contributed by atoms with Crippen molar-refractivity contribution in [1.82, 2.24) is 0 Å². The van der Waals surface area contributed by atoms with Crippen molar-refractivity contribution >= 4 is 27.3 Å². The average Bonchev–Trinajstić information content (AvgIpc) is 2.29. The van der Waals surface area contributed by atoms with Crippen molar-refractivity contribution in [2.75, 3.05) is 37.4 Å². The number of nitrogens with one attached hydrogen (secondary N) is 1. The summed E-state index contributed by atoms with van der Waals surface area (Å²) in [5, 5.41) is 3.52. The highest BCUT2D eigenvalue weighted by molar-refractivity contribution is 9.10. The molecule has 0 aliphatic heterocycles. The number of halogens is 1. The van der Waals surface area contributed by atoms with Crippen LogP contribution in [0.1, 0.15) is 13.8 Å². The van der Waals surface area contributed by atoms with Gasteiger partial charge in [0, 0.05) is 25.1 Å². The molecule has 18 heavy (non-hydrogen) atoms. The van der Waals surface area contributed by atoms with E-state index < -0.39 is 0 Å². The summed E-state index contributed by atoms with van der Waals surface area (Å²) >= 11 is 3.52. The van der Waals surface area contributed by atoms with Crippen molar-refractivity contribution in [2.45, 2.75) is 13.8 Å². The fourth-order valence-corrected chi connectivity index (χ4v) is 2.23. The van der Waals surface area contributed by atoms with Gasteiger partial charge in [-0.3, -0.25) is 0 Å². The van der Waals surface area contributed by atoms with Gasteiger partial charge >= 0.3 is 0 Å². The largest absolute Gasteiger partial charge is 0.383 e. The Labute approximate surface area is 119 Å². The second-order valence-electron chi connectivity index (χ2n) is 5.18. The molecule has 0 amide bonds. The number of rotatable bonds is 6. The molecular formula is C14H24BrN3. The molecule has 0 aromatic heterocycles. The minimum Gasteiger partial charge on any atom is -0.383 e. The maximum atomic E-state index is 5.81. The number of nitrogens with two attached hydrogens (primary N) is 1. The van der Waals surface area contributed by atoms with E-state index >= 15 is 0 Å². The van der Waals surface area contributed by atoms with E-state index in [4.69, 9.17) is 5.73 Å². The molecule has 0 saturated carbocycles. The highest BCUT2D eigenvalue weighted by atomic mass is 79.9. The molecule has 0 radical (unpaired) electrons. The summed E-state index contributed by atoms with van der Waals surface area (Å²) < 4.78 is 1.09. The fourth-order valence-electron chi connectivity index (χ4n) is 1.87. The molecule has 0 fully saturated rings. The normalized spacial score (nSPS) is 12.6. The van der Waals surface area contributed by atoms with Crippen molar-refractivity contribution in [3.63, 3.8) is 0 Å². The molecule has 1 aromatic carbocycles. The molecule has 1 aromatic rings. The first-order valence-electron chi connectivity index (χ1n) is 6.36. The Morgan fingerprint density at radius 2 is 2.00 bits per heavy atom. The first-order valence-corrected chi connectivity index (χ1v) is 7.15. The van der Waals surface area contributed by atoms with Crippen molar-refractivity contribution in [1.29, 1.82) is 0 Å². The SMILES string of the molecule is CC(C)C(CN)CNc1cc(Br)ccc1N(C)C. The first-order chi connectivity index (χ1) is 8.45. The van der Waals surface area contributed by atoms with E-state index in [1.807, 2.05) is 0 Å². The van der Waals surface area contributed by atoms with Crippen LogP contribution in [0, 0.1) is 11.8 Å². The molecule has 0 spiro atoms. The van der Waals surface area contributed by atoms with Crippen molar-refractivity contribution < 1.29 is 0 Å². The molecule has 1 atom stereocenters. The molecule has 0 bridgehead atoms. The number of nitrogens with zero attached hydrogens (tertiary/aromatic N) is 1. The molecule has 0 aliphatic carbocycles. The van der Waals surface area contributed by atoms with Crippen LogP contribution in [-0.4, -0.2) is 27.2 Å². The van der Waals surface area contributed by atoms with Crippen molar-refractivity contribution in [2.24, 2.45) is 17.6 Å². The summed E-state index contributed by atoms with van der Waals surface area (Å²) in [5.41, 5.74) is 8.15. The zero-order valence-electron chi connectivity index (χ0n) is 11.7. The van der Waals surface area contributed by atoms with Crippen LogP contribution in [-0.2, 0) is 0 Å². The number of benzene rings is 1. The third-order valence-corrected chi connectivity index (χ3v) is 3.73. The summed E-state index contributed by atoms with van der Waals surface area (Å²) in [5.74, 6) is 1.09.